The number of hydrogen-bond acceptors (Lipinski definition) is 1. The highest BCUT2D eigenvalue weighted by atomic mass is 16.3. The van der Waals surface area contributed by atoms with Gasteiger partial charge in [0.15, 0.2) is 0 Å². The molecular weight excluding hydrogens is 184 g/mol. The van der Waals surface area contributed by atoms with Gasteiger partial charge < -0.3 is 5.11 Å². The molecule has 1 nitrogen and oxygen atoms in total. The van der Waals surface area contributed by atoms with Crippen LogP contribution in [0.25, 0.3) is 0 Å². The number of aliphatic hydroxyl groups is 1. The van der Waals surface area contributed by atoms with Gasteiger partial charge in [0, 0.05) is 0 Å². The fourth-order valence-corrected chi connectivity index (χ4v) is 1.61. The molecule has 0 amide bonds. The molecule has 1 atom stereocenters. The smallest absolute Gasteiger partial charge is 0.0512 e. The van der Waals surface area contributed by atoms with Crippen LogP contribution in [-0.2, 0) is 0 Å². The van der Waals surface area contributed by atoms with Crippen molar-refractivity contribution < 1.29 is 5.11 Å². The van der Waals surface area contributed by atoms with Gasteiger partial charge in [0.25, 0.3) is 0 Å². The molecule has 0 aliphatic heterocycles. The fourth-order valence-electron chi connectivity index (χ4n) is 1.61. The number of aliphatic hydroxyl groups excluding tert-OH is 1. The standard InChI is InChI=1S/C14H28O/c1-3-4-5-6-7-8-9-10-11-12-13-14(2)15/h6-7,14-15H,3-5,8-13H2,1-2H3/b7-6-. The Bertz CT molecular complexity index is 138. The third-order valence-corrected chi connectivity index (χ3v) is 2.63. The zero-order valence-corrected chi connectivity index (χ0v) is 10.5. The van der Waals surface area contributed by atoms with Crippen molar-refractivity contribution in [3.63, 3.8) is 0 Å². The van der Waals surface area contributed by atoms with Crippen molar-refractivity contribution in [1.29, 1.82) is 0 Å². The minimum absolute atomic E-state index is 0.112. The van der Waals surface area contributed by atoms with Crippen molar-refractivity contribution in [3.8, 4) is 0 Å². The monoisotopic (exact) mass is 212 g/mol. The normalized spacial score (nSPS) is 13.5. The van der Waals surface area contributed by atoms with E-state index in [0.717, 1.165) is 6.42 Å². The molecule has 0 fully saturated rings. The average Bonchev–Trinajstić information content (AvgIpc) is 2.20. The largest absolute Gasteiger partial charge is 0.393 e. The van der Waals surface area contributed by atoms with Gasteiger partial charge in [-0.3, -0.25) is 0 Å². The van der Waals surface area contributed by atoms with E-state index in [4.69, 9.17) is 5.11 Å². The molecule has 0 rings (SSSR count). The van der Waals surface area contributed by atoms with Gasteiger partial charge in [0.1, 0.15) is 0 Å². The van der Waals surface area contributed by atoms with E-state index in [0.29, 0.717) is 0 Å². The lowest BCUT2D eigenvalue weighted by molar-refractivity contribution is 0.180. The van der Waals surface area contributed by atoms with Gasteiger partial charge in [-0.1, -0.05) is 51.2 Å². The van der Waals surface area contributed by atoms with Crippen molar-refractivity contribution in [2.24, 2.45) is 0 Å². The minimum Gasteiger partial charge on any atom is -0.393 e. The molecule has 90 valence electrons. The van der Waals surface area contributed by atoms with Crippen molar-refractivity contribution in [1.82, 2.24) is 0 Å². The molecule has 0 spiro atoms. The maximum Gasteiger partial charge on any atom is 0.0512 e. The molecule has 1 unspecified atom stereocenters. The second-order valence-electron chi connectivity index (χ2n) is 4.45. The minimum atomic E-state index is -0.112. The van der Waals surface area contributed by atoms with E-state index >= 15 is 0 Å². The first kappa shape index (κ1) is 14.7. The van der Waals surface area contributed by atoms with Gasteiger partial charge in [0.05, 0.1) is 6.10 Å². The number of allylic oxidation sites excluding steroid dienone is 2. The van der Waals surface area contributed by atoms with Gasteiger partial charge in [-0.05, 0) is 32.6 Å². The summed E-state index contributed by atoms with van der Waals surface area (Å²) < 4.78 is 0. The van der Waals surface area contributed by atoms with Crippen LogP contribution in [0, 0.1) is 0 Å². The lowest BCUT2D eigenvalue weighted by Gasteiger charge is -2.02. The average molecular weight is 212 g/mol. The number of unbranched alkanes of at least 4 members (excludes halogenated alkanes) is 6. The van der Waals surface area contributed by atoms with Gasteiger partial charge in [-0.2, -0.15) is 0 Å². The molecule has 0 aromatic carbocycles. The zero-order chi connectivity index (χ0) is 11.4. The molecule has 0 aliphatic rings. The van der Waals surface area contributed by atoms with Crippen LogP contribution in [0.2, 0.25) is 0 Å². The summed E-state index contributed by atoms with van der Waals surface area (Å²) in [6.45, 7) is 4.10. The molecule has 0 saturated heterocycles. The summed E-state index contributed by atoms with van der Waals surface area (Å²) in [5.74, 6) is 0. The Morgan fingerprint density at radius 3 is 2.13 bits per heavy atom. The highest BCUT2D eigenvalue weighted by Gasteiger charge is 1.94. The van der Waals surface area contributed by atoms with Crippen LogP contribution in [0.3, 0.4) is 0 Å². The fraction of sp³-hybridized carbons (Fsp3) is 0.857. The van der Waals surface area contributed by atoms with Crippen LogP contribution < -0.4 is 0 Å². The van der Waals surface area contributed by atoms with Gasteiger partial charge in [-0.15, -0.1) is 0 Å². The Kier molecular flexibility index (Phi) is 11.5. The molecule has 0 radical (unpaired) electrons. The Morgan fingerprint density at radius 1 is 0.933 bits per heavy atom. The van der Waals surface area contributed by atoms with Crippen LogP contribution in [0.15, 0.2) is 12.2 Å². The van der Waals surface area contributed by atoms with E-state index in [2.05, 4.69) is 19.1 Å². The van der Waals surface area contributed by atoms with Crippen LogP contribution in [0.4, 0.5) is 0 Å². The molecule has 1 N–H and O–H groups in total. The van der Waals surface area contributed by atoms with E-state index in [1.165, 1.54) is 51.4 Å². The van der Waals surface area contributed by atoms with Crippen LogP contribution in [0.1, 0.15) is 71.6 Å². The maximum absolute atomic E-state index is 9.06. The van der Waals surface area contributed by atoms with Crippen molar-refractivity contribution in [2.45, 2.75) is 77.7 Å². The Morgan fingerprint density at radius 2 is 1.53 bits per heavy atom. The molecule has 0 aromatic heterocycles. The molecule has 0 bridgehead atoms. The first-order valence-corrected chi connectivity index (χ1v) is 6.60. The van der Waals surface area contributed by atoms with E-state index in [9.17, 15) is 0 Å². The predicted molar refractivity (Wildman–Crippen MR) is 68.0 cm³/mol. The number of rotatable bonds is 10. The lowest BCUT2D eigenvalue weighted by Crippen LogP contribution is -1.97. The van der Waals surface area contributed by atoms with E-state index in [-0.39, 0.29) is 6.10 Å². The van der Waals surface area contributed by atoms with E-state index < -0.39 is 0 Å². The highest BCUT2D eigenvalue weighted by Crippen LogP contribution is 2.08. The Hall–Kier alpha value is -0.300. The Balaban J connectivity index is 3.01. The lowest BCUT2D eigenvalue weighted by atomic mass is 10.1. The summed E-state index contributed by atoms with van der Waals surface area (Å²) >= 11 is 0. The van der Waals surface area contributed by atoms with Crippen LogP contribution in [-0.4, -0.2) is 11.2 Å². The van der Waals surface area contributed by atoms with Gasteiger partial charge in [0.2, 0.25) is 0 Å². The van der Waals surface area contributed by atoms with Crippen molar-refractivity contribution >= 4 is 0 Å². The zero-order valence-electron chi connectivity index (χ0n) is 10.5. The summed E-state index contributed by atoms with van der Waals surface area (Å²) in [6, 6.07) is 0. The Labute approximate surface area is 95.6 Å². The maximum atomic E-state index is 9.06. The molecule has 0 aromatic rings. The second kappa shape index (κ2) is 11.8. The van der Waals surface area contributed by atoms with Crippen LogP contribution >= 0.6 is 0 Å². The molecule has 0 aliphatic carbocycles. The molecule has 0 heterocycles. The summed E-state index contributed by atoms with van der Waals surface area (Å²) in [4.78, 5) is 0. The highest BCUT2D eigenvalue weighted by molar-refractivity contribution is 4.81. The molecule has 15 heavy (non-hydrogen) atoms. The SMILES string of the molecule is CCCC/C=C\CCCCCCC(C)O. The predicted octanol–water partition coefficient (Wildman–Crippen LogP) is 4.45. The first-order valence-electron chi connectivity index (χ1n) is 6.60. The summed E-state index contributed by atoms with van der Waals surface area (Å²) in [5.41, 5.74) is 0. The van der Waals surface area contributed by atoms with Crippen LogP contribution in [0.5, 0.6) is 0 Å². The van der Waals surface area contributed by atoms with Gasteiger partial charge in [-0.25, -0.2) is 0 Å². The van der Waals surface area contributed by atoms with Crippen molar-refractivity contribution in [2.75, 3.05) is 0 Å². The summed E-state index contributed by atoms with van der Waals surface area (Å²) in [5, 5.41) is 9.06. The topological polar surface area (TPSA) is 20.2 Å². The summed E-state index contributed by atoms with van der Waals surface area (Å²) in [7, 11) is 0. The first-order chi connectivity index (χ1) is 7.27. The third kappa shape index (κ3) is 13.7. The number of hydrogen-bond donors (Lipinski definition) is 1. The molecule has 0 saturated carbocycles. The van der Waals surface area contributed by atoms with E-state index in [1.807, 2.05) is 6.92 Å². The van der Waals surface area contributed by atoms with Crippen molar-refractivity contribution in [3.05, 3.63) is 12.2 Å². The quantitative estimate of drug-likeness (QED) is 0.419. The molecule has 1 heteroatoms. The third-order valence-electron chi connectivity index (χ3n) is 2.63. The van der Waals surface area contributed by atoms with E-state index in [1.54, 1.807) is 0 Å². The second-order valence-corrected chi connectivity index (χ2v) is 4.45. The molecular formula is C14H28O. The van der Waals surface area contributed by atoms with Gasteiger partial charge >= 0.3 is 0 Å². The summed E-state index contributed by atoms with van der Waals surface area (Å²) in [6.07, 6.45) is 15.7.